The zero-order valence-corrected chi connectivity index (χ0v) is 12.7. The van der Waals surface area contributed by atoms with Gasteiger partial charge in [0.15, 0.2) is 0 Å². The fraction of sp³-hybridized carbons (Fsp3) is 0. The second kappa shape index (κ2) is 5.47. The van der Waals surface area contributed by atoms with Gasteiger partial charge in [-0.25, -0.2) is 4.90 Å². The zero-order valence-electron chi connectivity index (χ0n) is 11.9. The first-order valence-electron chi connectivity index (χ1n) is 6.65. The lowest BCUT2D eigenvalue weighted by atomic mass is 10.1. The second-order valence-electron chi connectivity index (χ2n) is 5.02. The minimum atomic E-state index is -1.46. The summed E-state index contributed by atoms with van der Waals surface area (Å²) in [6, 6.07) is 7.45. The predicted molar refractivity (Wildman–Crippen MR) is 81.9 cm³/mol. The van der Waals surface area contributed by atoms with Crippen LogP contribution in [0.15, 0.2) is 36.4 Å². The third kappa shape index (κ3) is 2.31. The van der Waals surface area contributed by atoms with E-state index >= 15 is 0 Å². The number of nitrogens with two attached hydrogens (primary N) is 1. The number of hydrogen-bond acceptors (Lipinski definition) is 5. The summed E-state index contributed by atoms with van der Waals surface area (Å²) in [7, 11) is 0. The number of anilines is 1. The molecule has 0 fully saturated rings. The molecule has 120 valence electrons. The van der Waals surface area contributed by atoms with Gasteiger partial charge in [0, 0.05) is 0 Å². The number of amides is 3. The molecule has 0 radical (unpaired) electrons. The van der Waals surface area contributed by atoms with E-state index in [0.29, 0.717) is 0 Å². The standard InChI is InChI=1S/C16H9ClN2O5/c17-12-4-2-8(6-11(12)13(18)20)19-14(21)9-3-1-7(16(23)24)5-10(9)15(19)22/h1-6H,(H2,18,20)(H,23,24)/p-1. The molecule has 7 nitrogen and oxygen atoms in total. The molecule has 3 rings (SSSR count). The molecule has 0 saturated heterocycles. The molecule has 0 atom stereocenters. The first kappa shape index (κ1) is 15.7. The van der Waals surface area contributed by atoms with Crippen LogP contribution in [0.1, 0.15) is 41.4 Å². The predicted octanol–water partition coefficient (Wildman–Crippen LogP) is 0.603. The van der Waals surface area contributed by atoms with Gasteiger partial charge in [-0.1, -0.05) is 17.7 Å². The van der Waals surface area contributed by atoms with Gasteiger partial charge in [-0.05, 0) is 35.9 Å². The smallest absolute Gasteiger partial charge is 0.266 e. The number of carboxylic acids is 1. The van der Waals surface area contributed by atoms with Crippen LogP contribution in [0.4, 0.5) is 5.69 Å². The molecule has 24 heavy (non-hydrogen) atoms. The molecule has 3 amide bonds. The van der Waals surface area contributed by atoms with Crippen LogP contribution in [0, 0.1) is 0 Å². The van der Waals surface area contributed by atoms with Gasteiger partial charge >= 0.3 is 0 Å². The van der Waals surface area contributed by atoms with Crippen molar-refractivity contribution < 1.29 is 24.3 Å². The van der Waals surface area contributed by atoms with E-state index in [9.17, 15) is 24.3 Å². The molecule has 0 spiro atoms. The minimum Gasteiger partial charge on any atom is -0.545 e. The lowest BCUT2D eigenvalue weighted by Crippen LogP contribution is -2.29. The molecular weight excluding hydrogens is 336 g/mol. The molecule has 0 aliphatic carbocycles. The number of primary amides is 1. The topological polar surface area (TPSA) is 121 Å². The molecule has 0 unspecified atom stereocenters. The Hall–Kier alpha value is -3.19. The number of benzene rings is 2. The second-order valence-corrected chi connectivity index (χ2v) is 5.43. The molecule has 0 aromatic heterocycles. The summed E-state index contributed by atoms with van der Waals surface area (Å²) in [5.74, 6) is -3.62. The average Bonchev–Trinajstić information content (AvgIpc) is 2.79. The number of halogens is 1. The quantitative estimate of drug-likeness (QED) is 0.818. The average molecular weight is 344 g/mol. The highest BCUT2D eigenvalue weighted by atomic mass is 35.5. The van der Waals surface area contributed by atoms with Crippen molar-refractivity contribution in [1.29, 1.82) is 0 Å². The van der Waals surface area contributed by atoms with Crippen LogP contribution in [-0.2, 0) is 0 Å². The number of rotatable bonds is 3. The van der Waals surface area contributed by atoms with Crippen LogP contribution >= 0.6 is 11.6 Å². The van der Waals surface area contributed by atoms with Crippen LogP contribution in [-0.4, -0.2) is 23.7 Å². The van der Waals surface area contributed by atoms with Gasteiger partial charge in [-0.3, -0.25) is 14.4 Å². The fourth-order valence-electron chi connectivity index (χ4n) is 2.44. The minimum absolute atomic E-state index is 0.0406. The highest BCUT2D eigenvalue weighted by Gasteiger charge is 2.37. The van der Waals surface area contributed by atoms with Gasteiger partial charge < -0.3 is 15.6 Å². The number of carboxylic acid groups (broad SMARTS) is 1. The van der Waals surface area contributed by atoms with E-state index < -0.39 is 23.7 Å². The van der Waals surface area contributed by atoms with Gasteiger partial charge in [0.2, 0.25) is 5.91 Å². The number of nitrogens with zero attached hydrogens (tertiary/aromatic N) is 1. The van der Waals surface area contributed by atoms with Crippen LogP contribution in [0.25, 0.3) is 0 Å². The van der Waals surface area contributed by atoms with E-state index in [0.717, 1.165) is 11.0 Å². The number of hydrogen-bond donors (Lipinski definition) is 1. The van der Waals surface area contributed by atoms with Crippen molar-refractivity contribution >= 4 is 41.0 Å². The summed E-state index contributed by atoms with van der Waals surface area (Å²) in [4.78, 5) is 48.0. The van der Waals surface area contributed by atoms with Crippen LogP contribution in [0.5, 0.6) is 0 Å². The van der Waals surface area contributed by atoms with E-state index in [2.05, 4.69) is 0 Å². The van der Waals surface area contributed by atoms with E-state index in [1.807, 2.05) is 0 Å². The number of carbonyl (C=O) groups is 4. The molecule has 1 heterocycles. The Morgan fingerprint density at radius 3 is 2.29 bits per heavy atom. The molecule has 0 bridgehead atoms. The lowest BCUT2D eigenvalue weighted by molar-refractivity contribution is -0.255. The Morgan fingerprint density at radius 2 is 1.67 bits per heavy atom. The molecular formula is C16H8ClN2O5-. The lowest BCUT2D eigenvalue weighted by Gasteiger charge is -2.15. The molecule has 8 heteroatoms. The summed E-state index contributed by atoms with van der Waals surface area (Å²) in [6.45, 7) is 0. The Balaban J connectivity index is 2.10. The van der Waals surface area contributed by atoms with Gasteiger partial charge in [0.05, 0.1) is 33.4 Å². The summed E-state index contributed by atoms with van der Waals surface area (Å²) < 4.78 is 0. The third-order valence-corrected chi connectivity index (χ3v) is 3.93. The first-order valence-corrected chi connectivity index (χ1v) is 7.02. The molecule has 1 aliphatic heterocycles. The van der Waals surface area contributed by atoms with Gasteiger partial charge in [0.25, 0.3) is 11.8 Å². The Labute approximate surface area is 140 Å². The van der Waals surface area contributed by atoms with E-state index in [-0.39, 0.29) is 33.0 Å². The van der Waals surface area contributed by atoms with Crippen molar-refractivity contribution in [2.24, 2.45) is 5.73 Å². The number of imide groups is 1. The third-order valence-electron chi connectivity index (χ3n) is 3.60. The van der Waals surface area contributed by atoms with E-state index in [1.54, 1.807) is 0 Å². The van der Waals surface area contributed by atoms with Crippen molar-refractivity contribution in [2.45, 2.75) is 0 Å². The van der Waals surface area contributed by atoms with Crippen molar-refractivity contribution in [1.82, 2.24) is 0 Å². The maximum atomic E-state index is 12.5. The molecule has 2 aromatic carbocycles. The highest BCUT2D eigenvalue weighted by molar-refractivity contribution is 6.36. The Kier molecular flexibility index (Phi) is 3.57. The van der Waals surface area contributed by atoms with Gasteiger partial charge in [-0.15, -0.1) is 0 Å². The maximum Gasteiger partial charge on any atom is 0.266 e. The van der Waals surface area contributed by atoms with Crippen molar-refractivity contribution in [2.75, 3.05) is 4.90 Å². The Bertz CT molecular complexity index is 938. The largest absolute Gasteiger partial charge is 0.545 e. The summed E-state index contributed by atoms with van der Waals surface area (Å²) in [5, 5.41) is 11.0. The summed E-state index contributed by atoms with van der Waals surface area (Å²) in [5.41, 5.74) is 5.05. The number of carbonyl (C=O) groups excluding carboxylic acids is 4. The summed E-state index contributed by atoms with van der Waals surface area (Å²) >= 11 is 5.85. The van der Waals surface area contributed by atoms with Crippen LogP contribution in [0.2, 0.25) is 5.02 Å². The van der Waals surface area contributed by atoms with Crippen LogP contribution in [0.3, 0.4) is 0 Å². The van der Waals surface area contributed by atoms with Gasteiger partial charge in [0.1, 0.15) is 0 Å². The molecule has 0 saturated carbocycles. The SMILES string of the molecule is NC(=O)c1cc(N2C(=O)c3ccc(C(=O)[O-])cc3C2=O)ccc1Cl. The number of fused-ring (bicyclic) bond motifs is 1. The highest BCUT2D eigenvalue weighted by Crippen LogP contribution is 2.31. The van der Waals surface area contributed by atoms with Gasteiger partial charge in [-0.2, -0.15) is 0 Å². The molecule has 2 aromatic rings. The first-order chi connectivity index (χ1) is 11.3. The van der Waals surface area contributed by atoms with Crippen molar-refractivity contribution in [3.05, 3.63) is 63.7 Å². The van der Waals surface area contributed by atoms with Crippen molar-refractivity contribution in [3.8, 4) is 0 Å². The van der Waals surface area contributed by atoms with E-state index in [1.165, 1.54) is 30.3 Å². The maximum absolute atomic E-state index is 12.5. The fourth-order valence-corrected chi connectivity index (χ4v) is 2.65. The normalized spacial score (nSPS) is 13.1. The zero-order chi connectivity index (χ0) is 17.6. The van der Waals surface area contributed by atoms with Crippen molar-refractivity contribution in [3.63, 3.8) is 0 Å². The molecule has 1 aliphatic rings. The van der Waals surface area contributed by atoms with Crippen LogP contribution < -0.4 is 15.7 Å². The monoisotopic (exact) mass is 343 g/mol. The summed E-state index contributed by atoms with van der Waals surface area (Å²) in [6.07, 6.45) is 0. The Morgan fingerprint density at radius 1 is 1.00 bits per heavy atom. The molecule has 2 N–H and O–H groups in total. The number of aromatic carboxylic acids is 1. The van der Waals surface area contributed by atoms with E-state index in [4.69, 9.17) is 17.3 Å².